The summed E-state index contributed by atoms with van der Waals surface area (Å²) in [7, 11) is 0. The summed E-state index contributed by atoms with van der Waals surface area (Å²) >= 11 is 6.37. The molecule has 3 nitrogen and oxygen atoms in total. The van der Waals surface area contributed by atoms with Gasteiger partial charge in [0.2, 0.25) is 0 Å². The number of hydrogen-bond acceptors (Lipinski definition) is 3. The van der Waals surface area contributed by atoms with Crippen molar-refractivity contribution in [3.63, 3.8) is 0 Å². The van der Waals surface area contributed by atoms with E-state index in [0.717, 1.165) is 50.7 Å². The largest absolute Gasteiger partial charge is 0.379 e. The van der Waals surface area contributed by atoms with Crippen LogP contribution in [0.25, 0.3) is 0 Å². The highest BCUT2D eigenvalue weighted by Gasteiger charge is 2.40. The van der Waals surface area contributed by atoms with E-state index in [0.29, 0.717) is 0 Å². The Bertz CT molecular complexity index is 439. The molecule has 98 valence electrons. The van der Waals surface area contributed by atoms with Crippen molar-refractivity contribution < 1.29 is 4.74 Å². The monoisotopic (exact) mass is 266 g/mol. The van der Waals surface area contributed by atoms with Gasteiger partial charge in [0.15, 0.2) is 0 Å². The Hall–Kier alpha value is -0.610. The molecule has 1 heterocycles. The minimum absolute atomic E-state index is 0.0961. The number of morpholine rings is 1. The highest BCUT2D eigenvalue weighted by atomic mass is 35.5. The SMILES string of the molecule is NC1(c2ccc(CN3CCOCC3)c(Cl)c2)CC1. The van der Waals surface area contributed by atoms with E-state index in [2.05, 4.69) is 17.0 Å². The Morgan fingerprint density at radius 1 is 1.28 bits per heavy atom. The van der Waals surface area contributed by atoms with Gasteiger partial charge in [-0.15, -0.1) is 0 Å². The zero-order valence-corrected chi connectivity index (χ0v) is 11.2. The molecule has 1 aliphatic heterocycles. The summed E-state index contributed by atoms with van der Waals surface area (Å²) in [6.45, 7) is 4.51. The first-order valence-electron chi connectivity index (χ1n) is 6.55. The molecule has 1 aliphatic carbocycles. The van der Waals surface area contributed by atoms with Crippen LogP contribution in [0.2, 0.25) is 5.02 Å². The molecule has 2 aliphatic rings. The molecule has 0 bridgehead atoms. The van der Waals surface area contributed by atoms with Gasteiger partial charge in [-0.1, -0.05) is 23.7 Å². The smallest absolute Gasteiger partial charge is 0.0594 e. The normalized spacial score (nSPS) is 23.0. The molecule has 0 radical (unpaired) electrons. The second-order valence-electron chi connectivity index (χ2n) is 5.35. The molecular formula is C14H19ClN2O. The zero-order chi connectivity index (χ0) is 12.6. The van der Waals surface area contributed by atoms with Crippen molar-refractivity contribution in [2.45, 2.75) is 24.9 Å². The van der Waals surface area contributed by atoms with Crippen LogP contribution in [-0.4, -0.2) is 31.2 Å². The lowest BCUT2D eigenvalue weighted by atomic mass is 10.0. The topological polar surface area (TPSA) is 38.5 Å². The third-order valence-corrected chi connectivity index (χ3v) is 4.27. The second kappa shape index (κ2) is 4.82. The lowest BCUT2D eigenvalue weighted by Gasteiger charge is -2.27. The van der Waals surface area contributed by atoms with Crippen LogP contribution >= 0.6 is 11.6 Å². The van der Waals surface area contributed by atoms with Crippen molar-refractivity contribution in [1.29, 1.82) is 0 Å². The first kappa shape index (κ1) is 12.4. The number of hydrogen-bond donors (Lipinski definition) is 1. The van der Waals surface area contributed by atoms with Gasteiger partial charge < -0.3 is 10.5 Å². The van der Waals surface area contributed by atoms with Gasteiger partial charge in [-0.2, -0.15) is 0 Å². The molecular weight excluding hydrogens is 248 g/mol. The molecule has 0 aromatic heterocycles. The number of halogens is 1. The van der Waals surface area contributed by atoms with Crippen LogP contribution in [0.15, 0.2) is 18.2 Å². The number of nitrogens with two attached hydrogens (primary N) is 1. The first-order chi connectivity index (χ1) is 8.67. The Morgan fingerprint density at radius 2 is 2.00 bits per heavy atom. The predicted octanol–water partition coefficient (Wildman–Crippen LogP) is 2.12. The number of nitrogens with zero attached hydrogens (tertiary/aromatic N) is 1. The van der Waals surface area contributed by atoms with Crippen molar-refractivity contribution in [2.24, 2.45) is 5.73 Å². The maximum Gasteiger partial charge on any atom is 0.0594 e. The van der Waals surface area contributed by atoms with E-state index in [1.165, 1.54) is 11.1 Å². The van der Waals surface area contributed by atoms with Gasteiger partial charge in [0.1, 0.15) is 0 Å². The summed E-state index contributed by atoms with van der Waals surface area (Å²) in [5, 5.41) is 0.843. The van der Waals surface area contributed by atoms with Crippen LogP contribution in [0.1, 0.15) is 24.0 Å². The highest BCUT2D eigenvalue weighted by Crippen LogP contribution is 2.43. The lowest BCUT2D eigenvalue weighted by Crippen LogP contribution is -2.35. The van der Waals surface area contributed by atoms with Gasteiger partial charge in [-0.25, -0.2) is 0 Å². The summed E-state index contributed by atoms with van der Waals surface area (Å²) in [6.07, 6.45) is 2.15. The van der Waals surface area contributed by atoms with Crippen LogP contribution < -0.4 is 5.73 Å². The molecule has 1 aromatic rings. The minimum Gasteiger partial charge on any atom is -0.379 e. The molecule has 0 unspecified atom stereocenters. The third kappa shape index (κ3) is 2.54. The molecule has 3 rings (SSSR count). The zero-order valence-electron chi connectivity index (χ0n) is 10.5. The molecule has 0 atom stereocenters. The fourth-order valence-corrected chi connectivity index (χ4v) is 2.65. The lowest BCUT2D eigenvalue weighted by molar-refractivity contribution is 0.0342. The van der Waals surface area contributed by atoms with Crippen molar-refractivity contribution in [1.82, 2.24) is 4.90 Å². The van der Waals surface area contributed by atoms with Gasteiger partial charge in [0.05, 0.1) is 13.2 Å². The molecule has 1 saturated carbocycles. The van der Waals surface area contributed by atoms with E-state index in [1.54, 1.807) is 0 Å². The van der Waals surface area contributed by atoms with Gasteiger partial charge >= 0.3 is 0 Å². The first-order valence-corrected chi connectivity index (χ1v) is 6.93. The van der Waals surface area contributed by atoms with Crippen molar-refractivity contribution in [2.75, 3.05) is 26.3 Å². The summed E-state index contributed by atoms with van der Waals surface area (Å²) in [5.74, 6) is 0. The van der Waals surface area contributed by atoms with E-state index in [9.17, 15) is 0 Å². The average Bonchev–Trinajstić information content (AvgIpc) is 3.12. The molecule has 2 fully saturated rings. The summed E-state index contributed by atoms with van der Waals surface area (Å²) in [4.78, 5) is 2.37. The highest BCUT2D eigenvalue weighted by molar-refractivity contribution is 6.31. The van der Waals surface area contributed by atoms with Crippen LogP contribution in [0.4, 0.5) is 0 Å². The van der Waals surface area contributed by atoms with E-state index in [1.807, 2.05) is 6.07 Å². The molecule has 4 heteroatoms. The molecule has 0 amide bonds. The Labute approximate surface area is 113 Å². The van der Waals surface area contributed by atoms with Gasteiger partial charge in [0, 0.05) is 30.2 Å². The fourth-order valence-electron chi connectivity index (χ4n) is 2.41. The van der Waals surface area contributed by atoms with Crippen molar-refractivity contribution in [3.05, 3.63) is 34.3 Å². The standard InChI is InChI=1S/C14H19ClN2O/c15-13-9-12(14(16)3-4-14)2-1-11(13)10-17-5-7-18-8-6-17/h1-2,9H,3-8,10,16H2. The molecule has 1 saturated heterocycles. The maximum atomic E-state index is 6.37. The van der Waals surface area contributed by atoms with E-state index in [4.69, 9.17) is 22.1 Å². The van der Waals surface area contributed by atoms with E-state index < -0.39 is 0 Å². The van der Waals surface area contributed by atoms with E-state index >= 15 is 0 Å². The average molecular weight is 267 g/mol. The van der Waals surface area contributed by atoms with Gasteiger partial charge in [-0.3, -0.25) is 4.90 Å². The molecule has 18 heavy (non-hydrogen) atoms. The van der Waals surface area contributed by atoms with E-state index in [-0.39, 0.29) is 5.54 Å². The van der Waals surface area contributed by atoms with Crippen LogP contribution in [0.3, 0.4) is 0 Å². The van der Waals surface area contributed by atoms with Crippen LogP contribution in [0, 0.1) is 0 Å². The van der Waals surface area contributed by atoms with Gasteiger partial charge in [-0.05, 0) is 30.0 Å². The number of ether oxygens (including phenoxy) is 1. The van der Waals surface area contributed by atoms with Crippen LogP contribution in [0.5, 0.6) is 0 Å². The van der Waals surface area contributed by atoms with Crippen molar-refractivity contribution >= 4 is 11.6 Å². The molecule has 0 spiro atoms. The summed E-state index contributed by atoms with van der Waals surface area (Å²) < 4.78 is 5.35. The molecule has 1 aromatic carbocycles. The number of rotatable bonds is 3. The fraction of sp³-hybridized carbons (Fsp3) is 0.571. The summed E-state index contributed by atoms with van der Waals surface area (Å²) in [6, 6.07) is 6.30. The Kier molecular flexibility index (Phi) is 3.32. The Balaban J connectivity index is 1.72. The van der Waals surface area contributed by atoms with Gasteiger partial charge in [0.25, 0.3) is 0 Å². The minimum atomic E-state index is -0.0961. The maximum absolute atomic E-state index is 6.37. The van der Waals surface area contributed by atoms with Crippen molar-refractivity contribution in [3.8, 4) is 0 Å². The molecule has 2 N–H and O–H groups in total. The second-order valence-corrected chi connectivity index (χ2v) is 5.76. The quantitative estimate of drug-likeness (QED) is 0.911. The Morgan fingerprint density at radius 3 is 2.61 bits per heavy atom. The predicted molar refractivity (Wildman–Crippen MR) is 72.6 cm³/mol. The summed E-state index contributed by atoms with van der Waals surface area (Å²) in [5.41, 5.74) is 8.45. The van der Waals surface area contributed by atoms with Crippen LogP contribution in [-0.2, 0) is 16.8 Å². The third-order valence-electron chi connectivity index (χ3n) is 3.91. The number of benzene rings is 1.